The number of carbonyl (C=O) groups is 1. The van der Waals surface area contributed by atoms with Gasteiger partial charge in [-0.1, -0.05) is 6.42 Å². The van der Waals surface area contributed by atoms with Crippen LogP contribution in [0.2, 0.25) is 0 Å². The second kappa shape index (κ2) is 6.80. The van der Waals surface area contributed by atoms with Gasteiger partial charge in [-0.05, 0) is 37.8 Å². The van der Waals surface area contributed by atoms with Gasteiger partial charge in [-0.15, -0.1) is 0 Å². The second-order valence-electron chi connectivity index (χ2n) is 6.49. The molecule has 0 radical (unpaired) electrons. The lowest BCUT2D eigenvalue weighted by atomic mass is 9.84. The number of Topliss-reactive ketones (excluding diaryl/α,β-unsaturated/α-hetero) is 1. The molecule has 3 rings (SSSR count). The Kier molecular flexibility index (Phi) is 4.92. The van der Waals surface area contributed by atoms with Crippen molar-refractivity contribution in [3.63, 3.8) is 0 Å². The molecule has 2 aliphatic heterocycles. The third kappa shape index (κ3) is 3.19. The summed E-state index contributed by atoms with van der Waals surface area (Å²) in [4.78, 5) is 12.7. The molecular formula is C17H21FO5S. The maximum atomic E-state index is 14.3. The van der Waals surface area contributed by atoms with Crippen molar-refractivity contribution in [1.82, 2.24) is 0 Å². The number of hydrogen-bond donors (Lipinski definition) is 0. The smallest absolute Gasteiger partial charge is 0.188 e. The molecule has 2 heterocycles. The minimum atomic E-state index is -3.12. The Morgan fingerprint density at radius 2 is 1.92 bits per heavy atom. The summed E-state index contributed by atoms with van der Waals surface area (Å²) in [5, 5.41) is -0.905. The Labute approximate surface area is 141 Å². The first-order valence-corrected chi connectivity index (χ1v) is 9.72. The van der Waals surface area contributed by atoms with Gasteiger partial charge in [0.2, 0.25) is 0 Å². The second-order valence-corrected chi connectivity index (χ2v) is 9.00. The highest BCUT2D eigenvalue weighted by atomic mass is 32.2. The van der Waals surface area contributed by atoms with E-state index in [0.29, 0.717) is 25.7 Å². The maximum absolute atomic E-state index is 14.3. The van der Waals surface area contributed by atoms with Crippen LogP contribution in [0.3, 0.4) is 0 Å². The van der Waals surface area contributed by atoms with Crippen molar-refractivity contribution >= 4 is 15.6 Å². The van der Waals surface area contributed by atoms with Crippen molar-refractivity contribution in [2.45, 2.75) is 42.6 Å². The molecule has 2 bridgehead atoms. The van der Waals surface area contributed by atoms with Gasteiger partial charge in [-0.3, -0.25) is 4.79 Å². The summed E-state index contributed by atoms with van der Waals surface area (Å²) in [6, 6.07) is 4.09. The number of rotatable bonds is 5. The molecule has 0 amide bonds. The number of carbonyl (C=O) groups excluding carboxylic acids is 1. The molecule has 0 spiro atoms. The van der Waals surface area contributed by atoms with Gasteiger partial charge in [0, 0.05) is 19.1 Å². The van der Waals surface area contributed by atoms with Gasteiger partial charge in [-0.2, -0.15) is 0 Å². The van der Waals surface area contributed by atoms with Gasteiger partial charge in [0.05, 0.1) is 16.1 Å². The fourth-order valence-electron chi connectivity index (χ4n) is 3.76. The zero-order valence-corrected chi connectivity index (χ0v) is 14.4. The van der Waals surface area contributed by atoms with Crippen LogP contribution in [-0.2, 0) is 14.6 Å². The molecule has 2 fully saturated rings. The van der Waals surface area contributed by atoms with Crippen LogP contribution in [0.15, 0.2) is 18.2 Å². The van der Waals surface area contributed by atoms with Crippen LogP contribution >= 0.6 is 0 Å². The molecule has 2 aliphatic rings. The lowest BCUT2D eigenvalue weighted by Gasteiger charge is -2.38. The highest BCUT2D eigenvalue weighted by Crippen LogP contribution is 2.40. The Balaban J connectivity index is 1.78. The standard InChI is InChI=1S/C17H21FO5S/c1-22-10-23-12-5-6-15(16(18)9-12)17(19)11-7-13-3-2-4-14(8-11)24(13,20)21/h5-6,9,11,13-14H,2-4,7-8,10H2,1H3. The Bertz CT molecular complexity index is 710. The van der Waals surface area contributed by atoms with E-state index in [1.165, 1.54) is 19.2 Å². The van der Waals surface area contributed by atoms with E-state index in [0.717, 1.165) is 12.5 Å². The van der Waals surface area contributed by atoms with Gasteiger partial charge < -0.3 is 9.47 Å². The molecule has 2 unspecified atom stereocenters. The van der Waals surface area contributed by atoms with E-state index >= 15 is 0 Å². The molecule has 1 aromatic carbocycles. The predicted octanol–water partition coefficient (Wildman–Crippen LogP) is 2.74. The SMILES string of the molecule is COCOc1ccc(C(=O)C2CC3CCCC(C2)S3(=O)=O)c(F)c1. The van der Waals surface area contributed by atoms with E-state index in [1.807, 2.05) is 0 Å². The number of ketones is 1. The zero-order chi connectivity index (χ0) is 17.3. The van der Waals surface area contributed by atoms with Crippen LogP contribution < -0.4 is 4.74 Å². The first-order valence-electron chi connectivity index (χ1n) is 8.11. The van der Waals surface area contributed by atoms with Gasteiger partial charge in [0.15, 0.2) is 22.4 Å². The van der Waals surface area contributed by atoms with Crippen molar-refractivity contribution in [2.24, 2.45) is 5.92 Å². The monoisotopic (exact) mass is 356 g/mol. The molecule has 0 aliphatic carbocycles. The lowest BCUT2D eigenvalue weighted by Crippen LogP contribution is -2.45. The molecule has 132 valence electrons. The van der Waals surface area contributed by atoms with Gasteiger partial charge >= 0.3 is 0 Å². The molecule has 0 N–H and O–H groups in total. The molecule has 1 aromatic rings. The molecule has 0 saturated carbocycles. The third-order valence-electron chi connectivity index (χ3n) is 5.00. The van der Waals surface area contributed by atoms with Crippen LogP contribution in [0.5, 0.6) is 5.75 Å². The van der Waals surface area contributed by atoms with E-state index in [2.05, 4.69) is 0 Å². The quantitative estimate of drug-likeness (QED) is 0.599. The maximum Gasteiger partial charge on any atom is 0.188 e. The van der Waals surface area contributed by atoms with Crippen LogP contribution in [0, 0.1) is 11.7 Å². The normalized spacial score (nSPS) is 28.3. The van der Waals surface area contributed by atoms with Gasteiger partial charge in [-0.25, -0.2) is 12.8 Å². The van der Waals surface area contributed by atoms with Crippen LogP contribution in [0.4, 0.5) is 4.39 Å². The first kappa shape index (κ1) is 17.4. The average Bonchev–Trinajstić information content (AvgIpc) is 2.51. The largest absolute Gasteiger partial charge is 0.467 e. The lowest BCUT2D eigenvalue weighted by molar-refractivity contribution is 0.0509. The molecule has 7 heteroatoms. The van der Waals surface area contributed by atoms with Crippen molar-refractivity contribution in [1.29, 1.82) is 0 Å². The Morgan fingerprint density at radius 3 is 2.50 bits per heavy atom. The summed E-state index contributed by atoms with van der Waals surface area (Å²) < 4.78 is 48.8. The van der Waals surface area contributed by atoms with E-state index < -0.39 is 32.1 Å². The van der Waals surface area contributed by atoms with Crippen LogP contribution in [0.25, 0.3) is 0 Å². The van der Waals surface area contributed by atoms with Gasteiger partial charge in [0.25, 0.3) is 0 Å². The third-order valence-corrected chi connectivity index (χ3v) is 7.71. The number of halogens is 1. The molecule has 2 atom stereocenters. The molecule has 0 aromatic heterocycles. The van der Waals surface area contributed by atoms with E-state index in [-0.39, 0.29) is 23.9 Å². The highest BCUT2D eigenvalue weighted by Gasteiger charge is 2.46. The number of sulfone groups is 1. The fraction of sp³-hybridized carbons (Fsp3) is 0.588. The molecule has 24 heavy (non-hydrogen) atoms. The molecule has 2 saturated heterocycles. The highest BCUT2D eigenvalue weighted by molar-refractivity contribution is 7.92. The zero-order valence-electron chi connectivity index (χ0n) is 13.5. The predicted molar refractivity (Wildman–Crippen MR) is 86.3 cm³/mol. The molecular weight excluding hydrogens is 335 g/mol. The summed E-state index contributed by atoms with van der Waals surface area (Å²) in [6.45, 7) is -0.00340. The summed E-state index contributed by atoms with van der Waals surface area (Å²) in [6.07, 6.45) is 2.71. The summed E-state index contributed by atoms with van der Waals surface area (Å²) >= 11 is 0. The average molecular weight is 356 g/mol. The van der Waals surface area contributed by atoms with Crippen molar-refractivity contribution in [2.75, 3.05) is 13.9 Å². The Morgan fingerprint density at radius 1 is 1.25 bits per heavy atom. The topological polar surface area (TPSA) is 69.7 Å². The first-order chi connectivity index (χ1) is 11.4. The van der Waals surface area contributed by atoms with Crippen LogP contribution in [-0.4, -0.2) is 38.6 Å². The number of benzene rings is 1. The molecule has 5 nitrogen and oxygen atoms in total. The van der Waals surface area contributed by atoms with E-state index in [9.17, 15) is 17.6 Å². The summed E-state index contributed by atoms with van der Waals surface area (Å²) in [5.74, 6) is -1.09. The van der Waals surface area contributed by atoms with Crippen molar-refractivity contribution in [3.8, 4) is 5.75 Å². The van der Waals surface area contributed by atoms with Crippen molar-refractivity contribution < 1.29 is 27.1 Å². The number of fused-ring (bicyclic) bond motifs is 2. The summed E-state index contributed by atoms with van der Waals surface area (Å²) in [5.41, 5.74) is 0.00198. The van der Waals surface area contributed by atoms with Gasteiger partial charge in [0.1, 0.15) is 11.6 Å². The summed E-state index contributed by atoms with van der Waals surface area (Å²) in [7, 11) is -1.66. The number of ether oxygens (including phenoxy) is 2. The fourth-order valence-corrected chi connectivity index (χ4v) is 6.29. The number of hydrogen-bond acceptors (Lipinski definition) is 5. The van der Waals surface area contributed by atoms with Crippen LogP contribution in [0.1, 0.15) is 42.5 Å². The van der Waals surface area contributed by atoms with E-state index in [4.69, 9.17) is 9.47 Å². The van der Waals surface area contributed by atoms with Crippen molar-refractivity contribution in [3.05, 3.63) is 29.6 Å². The minimum Gasteiger partial charge on any atom is -0.467 e. The Hall–Kier alpha value is -1.47. The van der Waals surface area contributed by atoms with E-state index in [1.54, 1.807) is 0 Å². The number of methoxy groups -OCH3 is 1. The minimum absolute atomic E-state index is 0.00198.